The number of carbonyl (C=O) groups excluding carboxylic acids is 4. The van der Waals surface area contributed by atoms with Gasteiger partial charge in [0.05, 0.1) is 23.9 Å². The summed E-state index contributed by atoms with van der Waals surface area (Å²) in [6.45, 7) is 16.6. The number of amides is 1. The van der Waals surface area contributed by atoms with Crippen molar-refractivity contribution in [2.45, 2.75) is 129 Å². The van der Waals surface area contributed by atoms with E-state index in [9.17, 15) is 24.3 Å². The molecule has 4 heterocycles. The fraction of sp³-hybridized carbons (Fsp3) is 0.895. The third-order valence-corrected chi connectivity index (χ3v) is 13.1. The highest BCUT2D eigenvalue weighted by Crippen LogP contribution is 2.53. The Bertz CT molecular complexity index is 1320. The second-order valence-corrected chi connectivity index (χ2v) is 17.1. The van der Waals surface area contributed by atoms with Crippen molar-refractivity contribution in [3.05, 3.63) is 0 Å². The molecule has 1 saturated carbocycles. The predicted molar refractivity (Wildman–Crippen MR) is 188 cm³/mol. The van der Waals surface area contributed by atoms with Gasteiger partial charge in [-0.3, -0.25) is 14.4 Å². The summed E-state index contributed by atoms with van der Waals surface area (Å²) in [7, 11) is 7.37. The van der Waals surface area contributed by atoms with Gasteiger partial charge in [0.2, 0.25) is 0 Å². The number of hydrogen-bond acceptors (Lipinski definition) is 12. The van der Waals surface area contributed by atoms with Crippen LogP contribution in [0.2, 0.25) is 0 Å². The molecule has 290 valence electrons. The van der Waals surface area contributed by atoms with E-state index < -0.39 is 83.4 Å². The van der Waals surface area contributed by atoms with Crippen LogP contribution in [0.1, 0.15) is 74.7 Å². The molecule has 1 N–H and O–H groups in total. The van der Waals surface area contributed by atoms with Gasteiger partial charge >= 0.3 is 12.1 Å². The zero-order chi connectivity index (χ0) is 37.9. The molecule has 5 rings (SSSR count). The first-order valence-corrected chi connectivity index (χ1v) is 19.0. The molecule has 4 aliphatic heterocycles. The second kappa shape index (κ2) is 14.9. The molecule has 15 atom stereocenters. The third-order valence-electron chi connectivity index (χ3n) is 13.1. The van der Waals surface area contributed by atoms with Gasteiger partial charge in [0, 0.05) is 50.5 Å². The first kappa shape index (κ1) is 40.0. The zero-order valence-electron chi connectivity index (χ0n) is 32.8. The number of cyclic esters (lactones) is 1. The van der Waals surface area contributed by atoms with Crippen LogP contribution in [-0.2, 0) is 38.1 Å². The van der Waals surface area contributed by atoms with E-state index in [4.69, 9.17) is 23.7 Å². The molecule has 2 unspecified atom stereocenters. The summed E-state index contributed by atoms with van der Waals surface area (Å²) in [4.78, 5) is 62.5. The number of aliphatic hydroxyl groups excluding tert-OH is 1. The first-order chi connectivity index (χ1) is 23.8. The molecular weight excluding hydrogens is 658 g/mol. The fourth-order valence-electron chi connectivity index (χ4n) is 10.0. The van der Waals surface area contributed by atoms with E-state index in [1.54, 1.807) is 25.7 Å². The van der Waals surface area contributed by atoms with Crippen molar-refractivity contribution in [1.29, 1.82) is 0 Å². The van der Waals surface area contributed by atoms with Crippen molar-refractivity contribution < 1.29 is 48.0 Å². The molecule has 51 heavy (non-hydrogen) atoms. The van der Waals surface area contributed by atoms with Crippen molar-refractivity contribution in [2.75, 3.05) is 47.9 Å². The summed E-state index contributed by atoms with van der Waals surface area (Å²) in [6.07, 6.45) is -3.75. The SMILES string of the molecule is CC[C@H]1OC(=O)[C@H](C)C(=O)[C@H](C)[C@@H](O[C@@H]2O[C@H](C)C[C@H](N(C)C)[C@H]2O)[C@](C)(OC)C[C@@H](C)C(=O)[C@H](C)[C@H]2N(CC3C4CN(C)CC43)C(=O)O[C@]12C. The number of likely N-dealkylation sites (N-methyl/N-ethyl adjacent to an activating group) is 1. The van der Waals surface area contributed by atoms with Crippen LogP contribution in [0.15, 0.2) is 0 Å². The maximum atomic E-state index is 14.6. The minimum absolute atomic E-state index is 0.104. The Balaban J connectivity index is 1.52. The molecular formula is C38H63N3O10. The van der Waals surface area contributed by atoms with Gasteiger partial charge in [0.25, 0.3) is 0 Å². The normalized spacial score (nSPS) is 47.1. The molecule has 13 nitrogen and oxygen atoms in total. The minimum atomic E-state index is -1.33. The molecule has 0 radical (unpaired) electrons. The molecule has 1 aliphatic carbocycles. The number of ether oxygens (including phenoxy) is 5. The average molecular weight is 722 g/mol. The Morgan fingerprint density at radius 2 is 1.61 bits per heavy atom. The molecule has 0 aromatic rings. The largest absolute Gasteiger partial charge is 0.458 e. The van der Waals surface area contributed by atoms with E-state index in [2.05, 4.69) is 11.9 Å². The number of hydrogen-bond donors (Lipinski definition) is 1. The van der Waals surface area contributed by atoms with Crippen LogP contribution in [0.4, 0.5) is 4.79 Å². The maximum absolute atomic E-state index is 14.6. The number of carbonyl (C=O) groups is 4. The average Bonchev–Trinajstić information content (AvgIpc) is 3.39. The lowest BCUT2D eigenvalue weighted by Gasteiger charge is -2.47. The summed E-state index contributed by atoms with van der Waals surface area (Å²) < 4.78 is 31.2. The van der Waals surface area contributed by atoms with Crippen LogP contribution >= 0.6 is 0 Å². The predicted octanol–water partition coefficient (Wildman–Crippen LogP) is 3.00. The van der Waals surface area contributed by atoms with Crippen molar-refractivity contribution >= 4 is 23.6 Å². The summed E-state index contributed by atoms with van der Waals surface area (Å²) in [5, 5.41) is 11.4. The Kier molecular flexibility index (Phi) is 11.7. The van der Waals surface area contributed by atoms with Crippen molar-refractivity contribution in [2.24, 2.45) is 41.4 Å². The summed E-state index contributed by atoms with van der Waals surface area (Å²) in [5.41, 5.74) is -2.57. The second-order valence-electron chi connectivity index (χ2n) is 17.1. The van der Waals surface area contributed by atoms with Crippen LogP contribution in [0.3, 0.4) is 0 Å². The Hall–Kier alpha value is -2.16. The Morgan fingerprint density at radius 3 is 2.18 bits per heavy atom. The van der Waals surface area contributed by atoms with E-state index in [0.717, 1.165) is 13.1 Å². The van der Waals surface area contributed by atoms with Crippen molar-refractivity contribution in [3.63, 3.8) is 0 Å². The van der Waals surface area contributed by atoms with Gasteiger partial charge in [-0.15, -0.1) is 0 Å². The lowest BCUT2D eigenvalue weighted by molar-refractivity contribution is -0.295. The van der Waals surface area contributed by atoms with Crippen molar-refractivity contribution in [1.82, 2.24) is 14.7 Å². The standard InChI is InChI=1S/C38H63N3O10/c1-13-28-38(8)32(41(36(46)51-38)18-26-24-16-40(11)17-25(24)26)21(4)29(42)19(2)15-37(7,47-12)33(22(5)30(43)23(6)34(45)49-28)50-35-31(44)27(39(9)10)14-20(3)48-35/h19-28,31-33,35,44H,13-18H2,1-12H3/t19-,20-,21+,22+,23-,24?,25?,26?,27+,28-,31-,32-,33-,35+,37-,38-/m1/s1. The summed E-state index contributed by atoms with van der Waals surface area (Å²) in [5.74, 6) is -3.38. The molecule has 0 bridgehead atoms. The Morgan fingerprint density at radius 1 is 0.980 bits per heavy atom. The molecule has 1 amide bonds. The number of ketones is 2. The smallest absolute Gasteiger partial charge is 0.410 e. The number of Topliss-reactive ketones (excluding diaryl/α,β-unsaturated/α-hetero) is 2. The minimum Gasteiger partial charge on any atom is -0.458 e. The van der Waals surface area contributed by atoms with Gasteiger partial charge in [-0.05, 0) is 85.9 Å². The van der Waals surface area contributed by atoms with Crippen molar-refractivity contribution in [3.8, 4) is 0 Å². The molecule has 0 spiro atoms. The molecule has 0 aromatic carbocycles. The van der Waals surface area contributed by atoms with Gasteiger partial charge in [-0.2, -0.15) is 0 Å². The highest BCUT2D eigenvalue weighted by atomic mass is 16.7. The highest BCUT2D eigenvalue weighted by Gasteiger charge is 2.63. The molecule has 0 aromatic heterocycles. The van der Waals surface area contributed by atoms with E-state index in [1.165, 1.54) is 14.0 Å². The molecule has 13 heteroatoms. The van der Waals surface area contributed by atoms with Gasteiger partial charge in [-0.25, -0.2) is 4.79 Å². The van der Waals surface area contributed by atoms with E-state index in [0.29, 0.717) is 37.1 Å². The number of nitrogens with zero attached hydrogens (tertiary/aromatic N) is 3. The molecule has 5 aliphatic rings. The van der Waals surface area contributed by atoms with Crippen LogP contribution in [0, 0.1) is 41.4 Å². The highest BCUT2D eigenvalue weighted by molar-refractivity contribution is 6.00. The fourth-order valence-corrected chi connectivity index (χ4v) is 10.0. The lowest BCUT2D eigenvalue weighted by Crippen LogP contribution is -2.60. The topological polar surface area (TPSA) is 144 Å². The first-order valence-electron chi connectivity index (χ1n) is 19.0. The van der Waals surface area contributed by atoms with E-state index in [1.807, 2.05) is 46.7 Å². The number of methoxy groups -OCH3 is 1. The van der Waals surface area contributed by atoms with Gasteiger partial charge in [-0.1, -0.05) is 27.7 Å². The number of rotatable bonds is 7. The summed E-state index contributed by atoms with van der Waals surface area (Å²) in [6, 6.07) is -0.969. The molecule has 5 fully saturated rings. The van der Waals surface area contributed by atoms with Gasteiger partial charge in [0.1, 0.15) is 23.9 Å². The van der Waals surface area contributed by atoms with Crippen LogP contribution < -0.4 is 0 Å². The van der Waals surface area contributed by atoms with Crippen LogP contribution in [0.5, 0.6) is 0 Å². The number of fused-ring (bicyclic) bond motifs is 2. The number of aliphatic hydroxyl groups is 1. The lowest BCUT2D eigenvalue weighted by atomic mass is 9.73. The number of likely N-dealkylation sites (tertiary alicyclic amines) is 1. The number of piperidine rings is 1. The quantitative estimate of drug-likeness (QED) is 0.305. The van der Waals surface area contributed by atoms with E-state index in [-0.39, 0.29) is 24.3 Å². The summed E-state index contributed by atoms with van der Waals surface area (Å²) >= 11 is 0. The third kappa shape index (κ3) is 7.36. The van der Waals surface area contributed by atoms with Crippen LogP contribution in [-0.4, -0.2) is 145 Å². The number of esters is 1. The van der Waals surface area contributed by atoms with Crippen LogP contribution in [0.25, 0.3) is 0 Å². The monoisotopic (exact) mass is 721 g/mol. The maximum Gasteiger partial charge on any atom is 0.410 e. The van der Waals surface area contributed by atoms with Gasteiger partial charge < -0.3 is 43.5 Å². The zero-order valence-corrected chi connectivity index (χ0v) is 32.8. The van der Waals surface area contributed by atoms with E-state index >= 15 is 0 Å². The molecule has 4 saturated heterocycles. The Labute approximate surface area is 304 Å². The van der Waals surface area contributed by atoms with Gasteiger partial charge in [0.15, 0.2) is 17.7 Å².